The van der Waals surface area contributed by atoms with E-state index in [-0.39, 0.29) is 27.5 Å². The van der Waals surface area contributed by atoms with E-state index in [0.29, 0.717) is 12.5 Å². The third-order valence-electron chi connectivity index (χ3n) is 4.84. The van der Waals surface area contributed by atoms with Gasteiger partial charge in [-0.25, -0.2) is 14.8 Å². The molecule has 1 saturated carbocycles. The van der Waals surface area contributed by atoms with E-state index in [4.69, 9.17) is 4.74 Å². The van der Waals surface area contributed by atoms with Gasteiger partial charge >= 0.3 is 12.3 Å². The molecule has 0 atom stereocenters. The van der Waals surface area contributed by atoms with Gasteiger partial charge in [0.15, 0.2) is 0 Å². The summed E-state index contributed by atoms with van der Waals surface area (Å²) in [5, 5.41) is 3.74. The van der Waals surface area contributed by atoms with Crippen molar-refractivity contribution >= 4 is 33.6 Å². The molecule has 12 heteroatoms. The lowest BCUT2D eigenvalue weighted by Gasteiger charge is -2.14. The highest BCUT2D eigenvalue weighted by molar-refractivity contribution is 7.17. The Kier molecular flexibility index (Phi) is 5.33. The van der Waals surface area contributed by atoms with E-state index in [0.717, 1.165) is 30.2 Å². The van der Waals surface area contributed by atoms with Crippen molar-refractivity contribution in [2.24, 2.45) is 5.92 Å². The van der Waals surface area contributed by atoms with Gasteiger partial charge < -0.3 is 15.0 Å². The third kappa shape index (κ3) is 4.33. The molecule has 3 aromatic heterocycles. The molecule has 0 spiro atoms. The Morgan fingerprint density at radius 2 is 2.13 bits per heavy atom. The average molecular weight is 453 g/mol. The van der Waals surface area contributed by atoms with Crippen LogP contribution in [0.4, 0.5) is 18.0 Å². The number of nitrogens with zero attached hydrogens (tertiary/aromatic N) is 4. The summed E-state index contributed by atoms with van der Waals surface area (Å²) >= 11 is 0.799. The Morgan fingerprint density at radius 1 is 1.39 bits per heavy atom. The van der Waals surface area contributed by atoms with Crippen LogP contribution in [0.2, 0.25) is 0 Å². The molecule has 0 radical (unpaired) electrons. The first-order valence-corrected chi connectivity index (χ1v) is 10.2. The number of alkyl halides is 3. The van der Waals surface area contributed by atoms with E-state index in [1.54, 1.807) is 7.05 Å². The topological polar surface area (TPSA) is 89.3 Å². The number of aromatic nitrogens is 3. The summed E-state index contributed by atoms with van der Waals surface area (Å²) in [4.78, 5) is 33.8. The number of nitrogens with one attached hydrogen (secondary N) is 1. The van der Waals surface area contributed by atoms with Gasteiger partial charge in [-0.1, -0.05) is 0 Å². The molecule has 1 aliphatic carbocycles. The number of hydrogen-bond acceptors (Lipinski definition) is 6. The van der Waals surface area contributed by atoms with Crippen molar-refractivity contribution in [1.29, 1.82) is 0 Å². The number of rotatable bonds is 5. The number of halogens is 3. The fraction of sp³-hybridized carbons (Fsp3) is 0.368. The maximum absolute atomic E-state index is 13.7. The average Bonchev–Trinajstić information content (AvgIpc) is 3.24. The molecule has 1 aliphatic rings. The van der Waals surface area contributed by atoms with Gasteiger partial charge in [-0.15, -0.1) is 11.3 Å². The Labute approximate surface area is 178 Å². The van der Waals surface area contributed by atoms with Crippen LogP contribution < -0.4 is 10.1 Å². The Morgan fingerprint density at radius 3 is 2.77 bits per heavy atom. The van der Waals surface area contributed by atoms with Crippen molar-refractivity contribution in [2.45, 2.75) is 19.0 Å². The fourth-order valence-corrected chi connectivity index (χ4v) is 4.07. The van der Waals surface area contributed by atoms with Crippen molar-refractivity contribution in [2.75, 3.05) is 20.6 Å². The van der Waals surface area contributed by atoms with E-state index in [2.05, 4.69) is 15.3 Å². The summed E-state index contributed by atoms with van der Waals surface area (Å²) in [5.74, 6) is -0.237. The number of carbonyl (C=O) groups excluding carboxylic acids is 2. The van der Waals surface area contributed by atoms with Gasteiger partial charge in [-0.3, -0.25) is 9.36 Å². The van der Waals surface area contributed by atoms with Crippen LogP contribution in [0.5, 0.6) is 5.88 Å². The number of carbonyl (C=O) groups is 2. The summed E-state index contributed by atoms with van der Waals surface area (Å²) < 4.78 is 47.3. The van der Waals surface area contributed by atoms with Crippen LogP contribution in [0.1, 0.15) is 28.8 Å². The number of thiophene rings is 1. The van der Waals surface area contributed by atoms with Gasteiger partial charge in [0.1, 0.15) is 12.1 Å². The van der Waals surface area contributed by atoms with Crippen molar-refractivity contribution in [1.82, 2.24) is 24.8 Å². The molecule has 0 unspecified atom stereocenters. The number of fused-ring (bicyclic) bond motifs is 1. The molecule has 2 amide bonds. The van der Waals surface area contributed by atoms with E-state index in [9.17, 15) is 22.8 Å². The Hall–Kier alpha value is -3.15. The highest BCUT2D eigenvalue weighted by atomic mass is 32.1. The summed E-state index contributed by atoms with van der Waals surface area (Å²) in [6, 6.07) is 0.874. The normalized spacial score (nSPS) is 14.0. The maximum atomic E-state index is 13.7. The van der Waals surface area contributed by atoms with Gasteiger partial charge in [0.25, 0.3) is 5.91 Å². The monoisotopic (exact) mass is 453 g/mol. The molecule has 4 rings (SSSR count). The van der Waals surface area contributed by atoms with E-state index < -0.39 is 23.7 Å². The molecule has 0 saturated heterocycles. The zero-order valence-corrected chi connectivity index (χ0v) is 17.4. The SMILES string of the molecule is CNC(=O)c1csc2c(C(F)(F)F)cc(-n3cnc(OC(=O)N(C)CC4CC4)c3)nc12. The van der Waals surface area contributed by atoms with Crippen LogP contribution in [0, 0.1) is 5.92 Å². The lowest BCUT2D eigenvalue weighted by atomic mass is 10.1. The van der Waals surface area contributed by atoms with Crippen LogP contribution in [0.25, 0.3) is 16.0 Å². The number of imidazole rings is 1. The smallest absolute Gasteiger partial charge is 0.389 e. The summed E-state index contributed by atoms with van der Waals surface area (Å²) in [5.41, 5.74) is -0.932. The second kappa shape index (κ2) is 7.84. The number of ether oxygens (including phenoxy) is 1. The van der Waals surface area contributed by atoms with Gasteiger partial charge in [0, 0.05) is 26.0 Å². The minimum Gasteiger partial charge on any atom is -0.389 e. The molecule has 0 bridgehead atoms. The molecule has 3 heterocycles. The lowest BCUT2D eigenvalue weighted by molar-refractivity contribution is -0.136. The predicted octanol–water partition coefficient (Wildman–Crippen LogP) is 3.70. The first-order valence-electron chi connectivity index (χ1n) is 9.36. The minimum atomic E-state index is -4.65. The van der Waals surface area contributed by atoms with Crippen LogP contribution >= 0.6 is 11.3 Å². The van der Waals surface area contributed by atoms with Crippen molar-refractivity contribution in [3.63, 3.8) is 0 Å². The van der Waals surface area contributed by atoms with Crippen LogP contribution in [-0.2, 0) is 6.18 Å². The molecule has 8 nitrogen and oxygen atoms in total. The molecule has 31 heavy (non-hydrogen) atoms. The van der Waals surface area contributed by atoms with Crippen molar-refractivity contribution < 1.29 is 27.5 Å². The number of hydrogen-bond donors (Lipinski definition) is 1. The molecule has 164 valence electrons. The van der Waals surface area contributed by atoms with Gasteiger partial charge in [-0.05, 0) is 24.8 Å². The maximum Gasteiger partial charge on any atom is 0.417 e. The number of amides is 2. The lowest BCUT2D eigenvalue weighted by Crippen LogP contribution is -2.31. The highest BCUT2D eigenvalue weighted by Gasteiger charge is 2.35. The molecular weight excluding hydrogens is 435 g/mol. The second-order valence-electron chi connectivity index (χ2n) is 7.24. The molecule has 1 fully saturated rings. The van der Waals surface area contributed by atoms with Gasteiger partial charge in [-0.2, -0.15) is 13.2 Å². The first-order chi connectivity index (χ1) is 14.7. The summed E-state index contributed by atoms with van der Waals surface area (Å²) in [6.07, 6.45) is -0.642. The second-order valence-corrected chi connectivity index (χ2v) is 8.12. The van der Waals surface area contributed by atoms with Gasteiger partial charge in [0.05, 0.1) is 27.5 Å². The fourth-order valence-electron chi connectivity index (χ4n) is 3.05. The molecule has 0 aliphatic heterocycles. The van der Waals surface area contributed by atoms with Crippen molar-refractivity contribution in [3.8, 4) is 11.7 Å². The van der Waals surface area contributed by atoms with E-state index >= 15 is 0 Å². The van der Waals surface area contributed by atoms with Gasteiger partial charge in [0.2, 0.25) is 5.88 Å². The molecule has 1 N–H and O–H groups in total. The van der Waals surface area contributed by atoms with Crippen molar-refractivity contribution in [3.05, 3.63) is 35.1 Å². The van der Waals surface area contributed by atoms with Crippen LogP contribution in [-0.4, -0.2) is 52.1 Å². The Balaban J connectivity index is 1.67. The predicted molar refractivity (Wildman–Crippen MR) is 107 cm³/mol. The standard InChI is InChI=1S/C19H18F3N5O3S/c1-23-17(28)11-8-31-16-12(19(20,21)22)5-13(25-15(11)16)27-7-14(24-9-27)30-18(29)26(2)6-10-3-4-10/h5,7-10H,3-4,6H2,1-2H3,(H,23,28). The summed E-state index contributed by atoms with van der Waals surface area (Å²) in [7, 11) is 3.00. The van der Waals surface area contributed by atoms with Crippen LogP contribution in [0.3, 0.4) is 0 Å². The third-order valence-corrected chi connectivity index (χ3v) is 5.84. The Bertz CT molecular complexity index is 1150. The minimum absolute atomic E-state index is 0.0447. The van der Waals surface area contributed by atoms with E-state index in [1.165, 1.54) is 34.4 Å². The zero-order chi connectivity index (χ0) is 22.3. The highest BCUT2D eigenvalue weighted by Crippen LogP contribution is 2.39. The van der Waals surface area contributed by atoms with Crippen LogP contribution in [0.15, 0.2) is 24.0 Å². The first kappa shape index (κ1) is 21.1. The zero-order valence-electron chi connectivity index (χ0n) is 16.6. The molecule has 0 aromatic carbocycles. The quantitative estimate of drug-likeness (QED) is 0.636. The molecular formula is C19H18F3N5O3S. The number of pyridine rings is 1. The molecule has 3 aromatic rings. The van der Waals surface area contributed by atoms with E-state index in [1.807, 2.05) is 0 Å². The summed E-state index contributed by atoms with van der Waals surface area (Å²) in [6.45, 7) is 0.577. The largest absolute Gasteiger partial charge is 0.417 e.